The molecule has 0 bridgehead atoms. The van der Waals surface area contributed by atoms with Crippen LogP contribution in [0, 0.1) is 11.6 Å². The van der Waals surface area contributed by atoms with E-state index in [9.17, 15) is 13.6 Å². The predicted molar refractivity (Wildman–Crippen MR) is 174 cm³/mol. The second-order valence-corrected chi connectivity index (χ2v) is 13.0. The van der Waals surface area contributed by atoms with Gasteiger partial charge in [0.05, 0.1) is 16.1 Å². The number of anilines is 1. The molecule has 3 atom stereocenters. The summed E-state index contributed by atoms with van der Waals surface area (Å²) in [6, 6.07) is 11.1. The normalized spacial score (nSPS) is 23.2. The number of ether oxygens (including phenoxy) is 1. The number of rotatable bonds is 8. The Labute approximate surface area is 270 Å². The fourth-order valence-electron chi connectivity index (χ4n) is 7.55. The first-order valence-corrected chi connectivity index (χ1v) is 16.2. The number of benzene rings is 3. The van der Waals surface area contributed by atoms with Gasteiger partial charge in [-0.1, -0.05) is 42.4 Å². The third kappa shape index (κ3) is 5.55. The monoisotopic (exact) mass is 649 g/mol. The number of likely N-dealkylation sites (tertiary alicyclic amines) is 1. The number of nitrogens with one attached hydrogen (secondary N) is 1. The first-order chi connectivity index (χ1) is 22.3. The van der Waals surface area contributed by atoms with Gasteiger partial charge in [-0.15, -0.1) is 0 Å². The number of piperidine rings is 1. The number of hydrogen-bond donors (Lipinski definition) is 1. The molecule has 3 saturated heterocycles. The highest BCUT2D eigenvalue weighted by Gasteiger charge is 2.49. The molecule has 0 radical (unpaired) electrons. The maximum Gasteiger partial charge on any atom is 0.319 e. The summed E-state index contributed by atoms with van der Waals surface area (Å²) in [5.74, 6) is -0.921. The fourth-order valence-corrected chi connectivity index (χ4v) is 7.82. The van der Waals surface area contributed by atoms with Crippen LogP contribution in [0.15, 0.2) is 55.1 Å². The van der Waals surface area contributed by atoms with Crippen molar-refractivity contribution in [3.8, 4) is 17.1 Å². The molecular formula is C35H35ClF3N5O2. The van der Waals surface area contributed by atoms with E-state index in [2.05, 4.69) is 26.8 Å². The number of hydrogen-bond acceptors (Lipinski definition) is 6. The third-order valence-electron chi connectivity index (χ3n) is 9.81. The van der Waals surface area contributed by atoms with Crippen LogP contribution in [0.25, 0.3) is 32.8 Å². The summed E-state index contributed by atoms with van der Waals surface area (Å²) in [5.41, 5.74) is 0.634. The molecule has 3 fully saturated rings. The van der Waals surface area contributed by atoms with Crippen molar-refractivity contribution in [1.82, 2.24) is 19.8 Å². The molecule has 3 aliphatic rings. The van der Waals surface area contributed by atoms with E-state index in [-0.39, 0.29) is 35.2 Å². The van der Waals surface area contributed by atoms with Gasteiger partial charge in [0, 0.05) is 48.4 Å². The number of carbonyl (C=O) groups excluding carboxylic acids is 1. The van der Waals surface area contributed by atoms with Gasteiger partial charge >= 0.3 is 6.01 Å². The molecule has 1 N–H and O–H groups in total. The topological polar surface area (TPSA) is 70.6 Å². The Balaban J connectivity index is 1.29. The van der Waals surface area contributed by atoms with Crippen molar-refractivity contribution < 1.29 is 22.7 Å². The second kappa shape index (κ2) is 12.4. The SMILES string of the molecule is C=CC(=O)N1CCCC[C@H]1CNc1nc(OC[C@@]23CCCN2C[C@H](F)C3)nc2cc(-c3cccc4ccc(F)c(Cl)c34)c(F)cc12. The number of amides is 1. The lowest BCUT2D eigenvalue weighted by Gasteiger charge is -2.35. The van der Waals surface area contributed by atoms with Gasteiger partial charge in [0.15, 0.2) is 0 Å². The average Bonchev–Trinajstić information content (AvgIpc) is 3.59. The summed E-state index contributed by atoms with van der Waals surface area (Å²) < 4.78 is 51.3. The molecule has 46 heavy (non-hydrogen) atoms. The van der Waals surface area contributed by atoms with E-state index >= 15 is 4.39 Å². The Kier molecular flexibility index (Phi) is 8.27. The van der Waals surface area contributed by atoms with Gasteiger partial charge in [-0.05, 0) is 73.9 Å². The number of aromatic nitrogens is 2. The summed E-state index contributed by atoms with van der Waals surface area (Å²) in [6.07, 6.45) is 5.31. The highest BCUT2D eigenvalue weighted by atomic mass is 35.5. The smallest absolute Gasteiger partial charge is 0.319 e. The zero-order valence-electron chi connectivity index (χ0n) is 25.4. The van der Waals surface area contributed by atoms with Crippen LogP contribution in [-0.4, -0.2) is 76.2 Å². The zero-order valence-corrected chi connectivity index (χ0v) is 26.1. The Morgan fingerprint density at radius 3 is 2.83 bits per heavy atom. The second-order valence-electron chi connectivity index (χ2n) is 12.6. The number of alkyl halides is 1. The van der Waals surface area contributed by atoms with E-state index in [0.29, 0.717) is 59.1 Å². The Hall–Kier alpha value is -3.89. The van der Waals surface area contributed by atoms with Crippen molar-refractivity contribution in [3.05, 3.63) is 71.8 Å². The number of fused-ring (bicyclic) bond motifs is 3. The first-order valence-electron chi connectivity index (χ1n) is 15.8. The van der Waals surface area contributed by atoms with Crippen LogP contribution < -0.4 is 10.1 Å². The summed E-state index contributed by atoms with van der Waals surface area (Å²) >= 11 is 6.40. The van der Waals surface area contributed by atoms with E-state index in [4.69, 9.17) is 16.3 Å². The van der Waals surface area contributed by atoms with Crippen molar-refractivity contribution in [3.63, 3.8) is 0 Å². The number of carbonyl (C=O) groups is 1. The number of halogens is 4. The summed E-state index contributed by atoms with van der Waals surface area (Å²) in [4.78, 5) is 25.9. The van der Waals surface area contributed by atoms with Gasteiger partial charge in [0.1, 0.15) is 30.2 Å². The highest BCUT2D eigenvalue weighted by molar-refractivity contribution is 6.37. The highest BCUT2D eigenvalue weighted by Crippen LogP contribution is 2.41. The largest absolute Gasteiger partial charge is 0.461 e. The fraction of sp³-hybridized carbons (Fsp3) is 0.400. The van der Waals surface area contributed by atoms with Gasteiger partial charge in [-0.25, -0.2) is 13.2 Å². The standard InChI is InChI=1S/C35H35ClF3N5O2/c1-2-30(45)44-14-4-3-8-23(44)18-40-33-26-15-28(39)25(24-9-5-7-21-10-11-27(38)32(36)31(21)24)16-29(26)41-34(42-33)46-20-35-12-6-13-43(35)19-22(37)17-35/h2,5,7,9-11,15-16,22-23H,1,3-4,6,8,12-14,17-20H2,(H,40,41,42)/t22-,23+,35+/m1/s1. The predicted octanol–water partition coefficient (Wildman–Crippen LogP) is 7.32. The van der Waals surface area contributed by atoms with Gasteiger partial charge in [-0.3, -0.25) is 9.69 Å². The Morgan fingerprint density at radius 2 is 1.98 bits per heavy atom. The van der Waals surface area contributed by atoms with E-state index in [1.807, 2.05) is 0 Å². The molecule has 3 aliphatic heterocycles. The van der Waals surface area contributed by atoms with E-state index in [1.54, 1.807) is 35.2 Å². The van der Waals surface area contributed by atoms with E-state index < -0.39 is 23.3 Å². The molecule has 1 aromatic heterocycles. The molecule has 1 amide bonds. The molecule has 0 saturated carbocycles. The van der Waals surface area contributed by atoms with Crippen molar-refractivity contribution in [2.24, 2.45) is 0 Å². The van der Waals surface area contributed by atoms with Crippen LogP contribution in [0.2, 0.25) is 5.02 Å². The molecular weight excluding hydrogens is 615 g/mol. The van der Waals surface area contributed by atoms with Crippen molar-refractivity contribution in [2.45, 2.75) is 56.3 Å². The van der Waals surface area contributed by atoms with E-state index in [0.717, 1.165) is 38.6 Å². The van der Waals surface area contributed by atoms with Gasteiger partial charge in [0.25, 0.3) is 0 Å². The zero-order chi connectivity index (χ0) is 32.0. The van der Waals surface area contributed by atoms with E-state index in [1.165, 1.54) is 18.2 Å². The molecule has 7 rings (SSSR count). The summed E-state index contributed by atoms with van der Waals surface area (Å²) in [6.45, 7) is 6.12. The Bertz CT molecular complexity index is 1840. The first kappa shape index (κ1) is 30.7. The maximum absolute atomic E-state index is 16.0. The van der Waals surface area contributed by atoms with Gasteiger partial charge in [-0.2, -0.15) is 9.97 Å². The lowest BCUT2D eigenvalue weighted by molar-refractivity contribution is -0.129. The number of nitrogens with zero attached hydrogens (tertiary/aromatic N) is 4. The van der Waals surface area contributed by atoms with Gasteiger partial charge in [0.2, 0.25) is 5.91 Å². The van der Waals surface area contributed by atoms with Crippen molar-refractivity contribution in [2.75, 3.05) is 38.1 Å². The molecule has 4 aromatic rings. The van der Waals surface area contributed by atoms with Gasteiger partial charge < -0.3 is 15.0 Å². The average molecular weight is 650 g/mol. The summed E-state index contributed by atoms with van der Waals surface area (Å²) in [5, 5.41) is 4.76. The molecule has 0 unspecified atom stereocenters. The van der Waals surface area contributed by atoms with Crippen LogP contribution in [0.5, 0.6) is 6.01 Å². The molecule has 3 aromatic carbocycles. The summed E-state index contributed by atoms with van der Waals surface area (Å²) in [7, 11) is 0. The van der Waals surface area contributed by atoms with Crippen LogP contribution in [0.4, 0.5) is 19.0 Å². The molecule has 7 nitrogen and oxygen atoms in total. The minimum absolute atomic E-state index is 0.0840. The van der Waals surface area contributed by atoms with Crippen LogP contribution in [0.1, 0.15) is 38.5 Å². The molecule has 11 heteroatoms. The van der Waals surface area contributed by atoms with Crippen LogP contribution >= 0.6 is 11.6 Å². The lowest BCUT2D eigenvalue weighted by Crippen LogP contribution is -2.46. The van der Waals surface area contributed by atoms with Crippen molar-refractivity contribution in [1.29, 1.82) is 0 Å². The quantitative estimate of drug-likeness (QED) is 0.202. The van der Waals surface area contributed by atoms with Crippen LogP contribution in [0.3, 0.4) is 0 Å². The van der Waals surface area contributed by atoms with Crippen molar-refractivity contribution >= 4 is 45.0 Å². The third-order valence-corrected chi connectivity index (χ3v) is 10.2. The molecule has 4 heterocycles. The molecule has 240 valence electrons. The Morgan fingerprint density at radius 1 is 1.11 bits per heavy atom. The minimum atomic E-state index is -0.904. The lowest BCUT2D eigenvalue weighted by atomic mass is 9.95. The maximum atomic E-state index is 16.0. The minimum Gasteiger partial charge on any atom is -0.461 e. The molecule has 0 spiro atoms. The van der Waals surface area contributed by atoms with Crippen LogP contribution in [-0.2, 0) is 4.79 Å². The molecule has 0 aliphatic carbocycles.